The van der Waals surface area contributed by atoms with Crippen molar-refractivity contribution in [2.75, 3.05) is 37.0 Å². The van der Waals surface area contributed by atoms with Crippen LogP contribution >= 0.6 is 0 Å². The van der Waals surface area contributed by atoms with Crippen LogP contribution in [-0.4, -0.2) is 33.1 Å². The van der Waals surface area contributed by atoms with Crippen molar-refractivity contribution in [3.8, 4) is 0 Å². The lowest BCUT2D eigenvalue weighted by atomic mass is 10.0. The van der Waals surface area contributed by atoms with Gasteiger partial charge in [0.2, 0.25) is 0 Å². The summed E-state index contributed by atoms with van der Waals surface area (Å²) in [5, 5.41) is 2.91. The number of carbonyl (C=O) groups is 1. The molecule has 0 spiro atoms. The van der Waals surface area contributed by atoms with Gasteiger partial charge in [-0.1, -0.05) is 30.3 Å². The molecule has 3 aromatic rings. The molecule has 1 heterocycles. The molecule has 0 fully saturated rings. The fraction of sp³-hybridized carbons (Fsp3) is 0.240. The van der Waals surface area contributed by atoms with Crippen LogP contribution in [0, 0.1) is 11.6 Å². The van der Waals surface area contributed by atoms with Crippen LogP contribution in [0.15, 0.2) is 66.7 Å². The molecule has 1 aliphatic rings. The molecule has 0 aliphatic carbocycles. The van der Waals surface area contributed by atoms with Gasteiger partial charge in [0, 0.05) is 44.1 Å². The van der Waals surface area contributed by atoms with E-state index in [1.54, 1.807) is 0 Å². The molecule has 1 aliphatic heterocycles. The predicted molar refractivity (Wildman–Crippen MR) is 120 cm³/mol. The third kappa shape index (κ3) is 4.38. The Morgan fingerprint density at radius 1 is 1.03 bits per heavy atom. The van der Waals surface area contributed by atoms with E-state index in [4.69, 9.17) is 0 Å². The second kappa shape index (κ2) is 8.76. The Bertz CT molecular complexity index is 1080. The van der Waals surface area contributed by atoms with Crippen molar-refractivity contribution < 1.29 is 13.6 Å². The third-order valence-corrected chi connectivity index (χ3v) is 5.73. The number of nitrogens with one attached hydrogen (secondary N) is 1. The van der Waals surface area contributed by atoms with Crippen LogP contribution in [0.5, 0.6) is 0 Å². The summed E-state index contributed by atoms with van der Waals surface area (Å²) in [6.07, 6.45) is 0.944. The lowest BCUT2D eigenvalue weighted by molar-refractivity contribution is 0.0950. The predicted octanol–water partition coefficient (Wildman–Crippen LogP) is 4.56. The molecule has 160 valence electrons. The van der Waals surface area contributed by atoms with Crippen molar-refractivity contribution in [3.63, 3.8) is 0 Å². The molecule has 0 radical (unpaired) electrons. The van der Waals surface area contributed by atoms with Crippen LogP contribution in [0.2, 0.25) is 0 Å². The topological polar surface area (TPSA) is 35.6 Å². The number of hydrogen-bond acceptors (Lipinski definition) is 3. The van der Waals surface area contributed by atoms with E-state index < -0.39 is 17.5 Å². The zero-order chi connectivity index (χ0) is 22.0. The summed E-state index contributed by atoms with van der Waals surface area (Å²) in [6.45, 7) is 1.19. The average Bonchev–Trinajstić information content (AvgIpc) is 3.20. The summed E-state index contributed by atoms with van der Waals surface area (Å²) in [4.78, 5) is 17.0. The molecule has 0 unspecified atom stereocenters. The van der Waals surface area contributed by atoms with E-state index in [1.807, 2.05) is 31.1 Å². The smallest absolute Gasteiger partial charge is 0.251 e. The van der Waals surface area contributed by atoms with Gasteiger partial charge < -0.3 is 15.1 Å². The van der Waals surface area contributed by atoms with Gasteiger partial charge in [-0.3, -0.25) is 4.79 Å². The fourth-order valence-corrected chi connectivity index (χ4v) is 4.02. The molecule has 1 amide bonds. The minimum Gasteiger partial charge on any atom is -0.378 e. The number of benzene rings is 3. The highest BCUT2D eigenvalue weighted by molar-refractivity contribution is 5.94. The molecule has 6 heteroatoms. The lowest BCUT2D eigenvalue weighted by Gasteiger charge is -2.31. The highest BCUT2D eigenvalue weighted by atomic mass is 19.2. The monoisotopic (exact) mass is 421 g/mol. The number of hydrogen-bond donors (Lipinski definition) is 1. The Labute approximate surface area is 181 Å². The summed E-state index contributed by atoms with van der Waals surface area (Å²) in [5.74, 6) is -2.43. The first-order chi connectivity index (χ1) is 14.9. The first-order valence-electron chi connectivity index (χ1n) is 10.3. The summed E-state index contributed by atoms with van der Waals surface area (Å²) in [5.41, 5.74) is 4.71. The van der Waals surface area contributed by atoms with Crippen LogP contribution in [-0.2, 0) is 6.42 Å². The molecule has 31 heavy (non-hydrogen) atoms. The average molecular weight is 421 g/mol. The van der Waals surface area contributed by atoms with Crippen molar-refractivity contribution in [2.24, 2.45) is 0 Å². The van der Waals surface area contributed by atoms with Gasteiger partial charge in [-0.15, -0.1) is 0 Å². The second-order valence-corrected chi connectivity index (χ2v) is 7.91. The van der Waals surface area contributed by atoms with Gasteiger partial charge >= 0.3 is 0 Å². The van der Waals surface area contributed by atoms with Gasteiger partial charge in [-0.25, -0.2) is 8.78 Å². The van der Waals surface area contributed by atoms with E-state index >= 15 is 0 Å². The second-order valence-electron chi connectivity index (χ2n) is 7.91. The van der Waals surface area contributed by atoms with Crippen LogP contribution in [0.25, 0.3) is 0 Å². The van der Waals surface area contributed by atoms with Crippen molar-refractivity contribution in [1.82, 2.24) is 5.32 Å². The number of rotatable bonds is 6. The van der Waals surface area contributed by atoms with Crippen molar-refractivity contribution in [3.05, 3.63) is 95.1 Å². The minimum absolute atomic E-state index is 0.0888. The number of carbonyl (C=O) groups excluding carboxylic acids is 1. The van der Waals surface area contributed by atoms with Gasteiger partial charge in [-0.2, -0.15) is 0 Å². The highest BCUT2D eigenvalue weighted by Crippen LogP contribution is 2.35. The van der Waals surface area contributed by atoms with Gasteiger partial charge in [0.05, 0.1) is 6.04 Å². The molecule has 1 atom stereocenters. The molecule has 0 aromatic heterocycles. The van der Waals surface area contributed by atoms with Crippen molar-refractivity contribution in [1.29, 1.82) is 0 Å². The van der Waals surface area contributed by atoms with Crippen LogP contribution in [0.4, 0.5) is 20.2 Å². The van der Waals surface area contributed by atoms with Crippen molar-refractivity contribution >= 4 is 17.3 Å². The summed E-state index contributed by atoms with van der Waals surface area (Å²) < 4.78 is 26.8. The molecule has 4 nitrogen and oxygen atoms in total. The third-order valence-electron chi connectivity index (χ3n) is 5.73. The number of amides is 1. The van der Waals surface area contributed by atoms with E-state index in [0.29, 0.717) is 6.54 Å². The molecule has 0 saturated heterocycles. The standard InChI is InChI=1S/C25H25F2N3O/c1-29(2)20-10-7-18(8-11-20)24(30-14-13-17-5-3-4-6-23(17)30)16-28-25(31)19-9-12-21(26)22(27)15-19/h3-12,15,24H,13-14,16H2,1-2H3,(H,28,31)/t24-/m0/s1. The largest absolute Gasteiger partial charge is 0.378 e. The Morgan fingerprint density at radius 2 is 1.77 bits per heavy atom. The fourth-order valence-electron chi connectivity index (χ4n) is 4.02. The van der Waals surface area contributed by atoms with E-state index in [-0.39, 0.29) is 11.6 Å². The number of halogens is 2. The van der Waals surface area contributed by atoms with Gasteiger partial charge in [0.25, 0.3) is 5.91 Å². The van der Waals surface area contributed by atoms with Crippen molar-refractivity contribution in [2.45, 2.75) is 12.5 Å². The van der Waals surface area contributed by atoms with E-state index in [9.17, 15) is 13.6 Å². The maximum atomic E-state index is 13.6. The van der Waals surface area contributed by atoms with E-state index in [0.717, 1.165) is 42.0 Å². The zero-order valence-corrected chi connectivity index (χ0v) is 17.6. The SMILES string of the molecule is CN(C)c1ccc([C@H](CNC(=O)c2ccc(F)c(F)c2)N2CCc3ccccc32)cc1. The summed E-state index contributed by atoms with van der Waals surface area (Å²) in [6, 6.07) is 19.6. The molecular formula is C25H25F2N3O. The van der Waals surface area contributed by atoms with Gasteiger partial charge in [0.15, 0.2) is 11.6 Å². The first-order valence-corrected chi connectivity index (χ1v) is 10.3. The zero-order valence-electron chi connectivity index (χ0n) is 17.6. The van der Waals surface area contributed by atoms with Crippen LogP contribution in [0.1, 0.15) is 27.5 Å². The Hall–Kier alpha value is -3.41. The molecule has 0 saturated carbocycles. The molecule has 0 bridgehead atoms. The van der Waals surface area contributed by atoms with Crippen LogP contribution in [0.3, 0.4) is 0 Å². The number of anilines is 2. The van der Waals surface area contributed by atoms with Gasteiger partial charge in [-0.05, 0) is 53.9 Å². The molecule has 3 aromatic carbocycles. The Balaban J connectivity index is 1.59. The summed E-state index contributed by atoms with van der Waals surface area (Å²) in [7, 11) is 3.98. The maximum absolute atomic E-state index is 13.6. The van der Waals surface area contributed by atoms with E-state index in [1.165, 1.54) is 11.6 Å². The van der Waals surface area contributed by atoms with E-state index in [2.05, 4.69) is 46.6 Å². The quantitative estimate of drug-likeness (QED) is 0.634. The number of fused-ring (bicyclic) bond motifs is 1. The Kier molecular flexibility index (Phi) is 5.89. The normalized spacial score (nSPS) is 13.6. The molecular weight excluding hydrogens is 396 g/mol. The number of nitrogens with zero attached hydrogens (tertiary/aromatic N) is 2. The lowest BCUT2D eigenvalue weighted by Crippen LogP contribution is -2.37. The van der Waals surface area contributed by atoms with Crippen LogP contribution < -0.4 is 15.1 Å². The Morgan fingerprint density at radius 3 is 2.48 bits per heavy atom. The van der Waals surface area contributed by atoms with Gasteiger partial charge in [0.1, 0.15) is 0 Å². The molecule has 1 N–H and O–H groups in total. The minimum atomic E-state index is -1.03. The molecule has 4 rings (SSSR count). The highest BCUT2D eigenvalue weighted by Gasteiger charge is 2.27. The first kappa shape index (κ1) is 20.8. The summed E-state index contributed by atoms with van der Waals surface area (Å²) >= 11 is 0. The maximum Gasteiger partial charge on any atom is 0.251 e. The number of para-hydroxylation sites is 1.